The van der Waals surface area contributed by atoms with Gasteiger partial charge in [-0.2, -0.15) is 0 Å². The minimum absolute atomic E-state index is 0.403. The van der Waals surface area contributed by atoms with Crippen LogP contribution in [-0.2, 0) is 16.1 Å². The molecule has 6 nitrogen and oxygen atoms in total. The molecule has 1 heterocycles. The molecule has 0 saturated carbocycles. The van der Waals surface area contributed by atoms with Crippen LogP contribution in [0.2, 0.25) is 0 Å². The number of nitrogens with one attached hydrogen (secondary N) is 2. The summed E-state index contributed by atoms with van der Waals surface area (Å²) in [6.07, 6.45) is 2.04. The number of hydrogen-bond donors (Lipinski definition) is 2. The van der Waals surface area contributed by atoms with Gasteiger partial charge in [-0.25, -0.2) is 0 Å². The Kier molecular flexibility index (Phi) is 7.03. The van der Waals surface area contributed by atoms with E-state index in [0.717, 1.165) is 32.5 Å². The second kappa shape index (κ2) is 9.90. The zero-order chi connectivity index (χ0) is 19.8. The molecule has 2 N–H and O–H groups in total. The molecule has 0 radical (unpaired) electrons. The van der Waals surface area contributed by atoms with Gasteiger partial charge in [-0.15, -0.1) is 0 Å². The molecule has 6 heteroatoms. The third-order valence-corrected chi connectivity index (χ3v) is 5.04. The lowest BCUT2D eigenvalue weighted by atomic mass is 9.96. The molecule has 3 rings (SSSR count). The molecular formula is C22H27N3O3. The lowest BCUT2D eigenvalue weighted by molar-refractivity contribution is -0.136. The lowest BCUT2D eigenvalue weighted by Gasteiger charge is -2.32. The van der Waals surface area contributed by atoms with Gasteiger partial charge >= 0.3 is 11.8 Å². The van der Waals surface area contributed by atoms with Gasteiger partial charge < -0.3 is 15.4 Å². The van der Waals surface area contributed by atoms with Crippen molar-refractivity contribution in [3.8, 4) is 5.75 Å². The van der Waals surface area contributed by atoms with Crippen molar-refractivity contribution in [3.05, 3.63) is 60.2 Å². The number of piperidine rings is 1. The zero-order valence-corrected chi connectivity index (χ0v) is 16.2. The normalized spacial score (nSPS) is 15.0. The summed E-state index contributed by atoms with van der Waals surface area (Å²) in [6, 6.07) is 17.4. The summed E-state index contributed by atoms with van der Waals surface area (Å²) in [5.74, 6) is -0.231. The van der Waals surface area contributed by atoms with E-state index in [9.17, 15) is 9.59 Å². The number of nitrogens with zero attached hydrogens (tertiary/aromatic N) is 1. The number of methoxy groups -OCH3 is 1. The predicted molar refractivity (Wildman–Crippen MR) is 109 cm³/mol. The maximum Gasteiger partial charge on any atom is 0.313 e. The molecule has 1 fully saturated rings. The third-order valence-electron chi connectivity index (χ3n) is 5.04. The fraction of sp³-hybridized carbons (Fsp3) is 0.364. The molecule has 0 aliphatic carbocycles. The van der Waals surface area contributed by atoms with Crippen LogP contribution in [0.3, 0.4) is 0 Å². The van der Waals surface area contributed by atoms with Crippen molar-refractivity contribution in [2.75, 3.05) is 32.1 Å². The maximum absolute atomic E-state index is 12.1. The van der Waals surface area contributed by atoms with Crippen LogP contribution in [0.5, 0.6) is 5.75 Å². The first-order chi connectivity index (χ1) is 13.6. The van der Waals surface area contributed by atoms with E-state index in [1.165, 1.54) is 5.56 Å². The SMILES string of the molecule is COc1cccc(NC(=O)C(=O)NCC2CCN(Cc3ccccc3)CC2)c1. The van der Waals surface area contributed by atoms with E-state index in [1.54, 1.807) is 31.4 Å². The van der Waals surface area contributed by atoms with Crippen molar-refractivity contribution < 1.29 is 14.3 Å². The Morgan fingerprint density at radius 3 is 2.50 bits per heavy atom. The molecule has 1 saturated heterocycles. The second-order valence-corrected chi connectivity index (χ2v) is 7.10. The summed E-state index contributed by atoms with van der Waals surface area (Å²) in [5, 5.41) is 5.36. The minimum Gasteiger partial charge on any atom is -0.497 e. The number of anilines is 1. The molecule has 0 spiro atoms. The van der Waals surface area contributed by atoms with Gasteiger partial charge in [0.2, 0.25) is 0 Å². The lowest BCUT2D eigenvalue weighted by Crippen LogP contribution is -2.41. The first-order valence-corrected chi connectivity index (χ1v) is 9.63. The Labute approximate surface area is 165 Å². The van der Waals surface area contributed by atoms with Crippen molar-refractivity contribution >= 4 is 17.5 Å². The summed E-state index contributed by atoms with van der Waals surface area (Å²) in [7, 11) is 1.55. The van der Waals surface area contributed by atoms with Crippen molar-refractivity contribution in [1.82, 2.24) is 10.2 Å². The Morgan fingerprint density at radius 2 is 1.79 bits per heavy atom. The summed E-state index contributed by atoms with van der Waals surface area (Å²) in [5.41, 5.74) is 1.86. The zero-order valence-electron chi connectivity index (χ0n) is 16.2. The highest BCUT2D eigenvalue weighted by molar-refractivity contribution is 6.39. The van der Waals surface area contributed by atoms with Crippen LogP contribution in [0.1, 0.15) is 18.4 Å². The standard InChI is InChI=1S/C22H27N3O3/c1-28-20-9-5-8-19(14-20)24-22(27)21(26)23-15-17-10-12-25(13-11-17)16-18-6-3-2-4-7-18/h2-9,14,17H,10-13,15-16H2,1H3,(H,23,26)(H,24,27). The molecule has 1 aliphatic heterocycles. The molecule has 2 aromatic carbocycles. The summed E-state index contributed by atoms with van der Waals surface area (Å²) in [6.45, 7) is 3.50. The number of carbonyl (C=O) groups excluding carboxylic acids is 2. The van der Waals surface area contributed by atoms with Gasteiger partial charge in [-0.1, -0.05) is 36.4 Å². The first-order valence-electron chi connectivity index (χ1n) is 9.63. The van der Waals surface area contributed by atoms with Gasteiger partial charge in [-0.3, -0.25) is 14.5 Å². The maximum atomic E-state index is 12.1. The van der Waals surface area contributed by atoms with E-state index in [1.807, 2.05) is 6.07 Å². The van der Waals surface area contributed by atoms with Gasteiger partial charge in [0.25, 0.3) is 0 Å². The number of carbonyl (C=O) groups is 2. The Bertz CT molecular complexity index is 787. The van der Waals surface area contributed by atoms with Crippen LogP contribution in [0.15, 0.2) is 54.6 Å². The van der Waals surface area contributed by atoms with E-state index in [2.05, 4.69) is 39.8 Å². The second-order valence-electron chi connectivity index (χ2n) is 7.10. The van der Waals surface area contributed by atoms with Gasteiger partial charge in [0, 0.05) is 24.8 Å². The average molecular weight is 381 g/mol. The van der Waals surface area contributed by atoms with Crippen molar-refractivity contribution in [3.63, 3.8) is 0 Å². The van der Waals surface area contributed by atoms with Crippen molar-refractivity contribution in [1.29, 1.82) is 0 Å². The van der Waals surface area contributed by atoms with Crippen LogP contribution in [0, 0.1) is 5.92 Å². The number of benzene rings is 2. The van der Waals surface area contributed by atoms with Crippen LogP contribution < -0.4 is 15.4 Å². The number of ether oxygens (including phenoxy) is 1. The number of likely N-dealkylation sites (tertiary alicyclic amines) is 1. The Hall–Kier alpha value is -2.86. The highest BCUT2D eigenvalue weighted by atomic mass is 16.5. The molecule has 0 unspecified atom stereocenters. The van der Waals surface area contributed by atoms with Gasteiger partial charge in [0.1, 0.15) is 5.75 Å². The predicted octanol–water partition coefficient (Wildman–Crippen LogP) is 2.66. The Balaban J connectivity index is 1.38. The molecule has 0 bridgehead atoms. The van der Waals surface area contributed by atoms with Gasteiger partial charge in [0.15, 0.2) is 0 Å². The van der Waals surface area contributed by atoms with E-state index < -0.39 is 11.8 Å². The molecule has 0 atom stereocenters. The van der Waals surface area contributed by atoms with Crippen LogP contribution >= 0.6 is 0 Å². The van der Waals surface area contributed by atoms with Crippen molar-refractivity contribution in [2.24, 2.45) is 5.92 Å². The fourth-order valence-corrected chi connectivity index (χ4v) is 3.40. The molecule has 0 aromatic heterocycles. The third kappa shape index (κ3) is 5.82. The topological polar surface area (TPSA) is 70.7 Å². The van der Waals surface area contributed by atoms with Gasteiger partial charge in [-0.05, 0) is 49.5 Å². The average Bonchev–Trinajstić information content (AvgIpc) is 2.74. The van der Waals surface area contributed by atoms with E-state index in [4.69, 9.17) is 4.74 Å². The monoisotopic (exact) mass is 381 g/mol. The first kappa shape index (κ1) is 19.9. The highest BCUT2D eigenvalue weighted by Crippen LogP contribution is 2.19. The fourth-order valence-electron chi connectivity index (χ4n) is 3.40. The Morgan fingerprint density at radius 1 is 1.04 bits per heavy atom. The quantitative estimate of drug-likeness (QED) is 0.755. The molecule has 28 heavy (non-hydrogen) atoms. The van der Waals surface area contributed by atoms with Crippen molar-refractivity contribution in [2.45, 2.75) is 19.4 Å². The smallest absolute Gasteiger partial charge is 0.313 e. The largest absolute Gasteiger partial charge is 0.497 e. The van der Waals surface area contributed by atoms with Crippen LogP contribution in [0.4, 0.5) is 5.69 Å². The number of hydrogen-bond acceptors (Lipinski definition) is 4. The summed E-state index contributed by atoms with van der Waals surface area (Å²) < 4.78 is 5.11. The van der Waals surface area contributed by atoms with Crippen LogP contribution in [-0.4, -0.2) is 43.5 Å². The van der Waals surface area contributed by atoms with Crippen LogP contribution in [0.25, 0.3) is 0 Å². The minimum atomic E-state index is -0.658. The molecule has 1 aliphatic rings. The molecular weight excluding hydrogens is 354 g/mol. The van der Waals surface area contributed by atoms with E-state index >= 15 is 0 Å². The number of rotatable bonds is 6. The van der Waals surface area contributed by atoms with Gasteiger partial charge in [0.05, 0.1) is 7.11 Å². The summed E-state index contributed by atoms with van der Waals surface area (Å²) >= 11 is 0. The van der Waals surface area contributed by atoms with E-state index in [0.29, 0.717) is 23.9 Å². The molecule has 2 amide bonds. The summed E-state index contributed by atoms with van der Waals surface area (Å²) in [4.78, 5) is 26.6. The highest BCUT2D eigenvalue weighted by Gasteiger charge is 2.21. The number of amides is 2. The molecule has 2 aromatic rings. The van der Waals surface area contributed by atoms with E-state index in [-0.39, 0.29) is 0 Å². The molecule has 148 valence electrons.